The Kier molecular flexibility index (Phi) is 4.75. The van der Waals surface area contributed by atoms with E-state index in [1.165, 1.54) is 28.5 Å². The Balaban J connectivity index is 2.10. The van der Waals surface area contributed by atoms with E-state index in [2.05, 4.69) is 51.8 Å². The van der Waals surface area contributed by atoms with Crippen LogP contribution in [0.2, 0.25) is 0 Å². The van der Waals surface area contributed by atoms with Crippen molar-refractivity contribution in [2.24, 2.45) is 5.92 Å². The van der Waals surface area contributed by atoms with Crippen molar-refractivity contribution in [1.82, 2.24) is 10.3 Å². The van der Waals surface area contributed by atoms with Gasteiger partial charge in [-0.3, -0.25) is 0 Å². The van der Waals surface area contributed by atoms with Gasteiger partial charge in [-0.1, -0.05) is 6.92 Å². The zero-order valence-electron chi connectivity index (χ0n) is 13.8. The van der Waals surface area contributed by atoms with Crippen LogP contribution in [0.1, 0.15) is 58.0 Å². The van der Waals surface area contributed by atoms with Gasteiger partial charge in [-0.15, -0.1) is 11.3 Å². The molecule has 1 aliphatic heterocycles. The average molecular weight is 295 g/mol. The summed E-state index contributed by atoms with van der Waals surface area (Å²) in [7, 11) is 0. The highest BCUT2D eigenvalue weighted by molar-refractivity contribution is 7.15. The average Bonchev–Trinajstić information content (AvgIpc) is 2.71. The maximum Gasteiger partial charge on any atom is 0.186 e. The molecule has 2 rings (SSSR count). The number of piperidine rings is 1. The van der Waals surface area contributed by atoms with Crippen LogP contribution in [0.15, 0.2) is 0 Å². The standard InChI is InChI=1S/C16H29N3S/c1-11-8-7-9-19(13(11)3)15-18-12(2)14(20-15)10-17-16(4,5)6/h11,13,17H,7-10H2,1-6H3. The Hall–Kier alpha value is -0.610. The lowest BCUT2D eigenvalue weighted by molar-refractivity contribution is 0.363. The molecule has 1 saturated heterocycles. The van der Waals surface area contributed by atoms with E-state index in [4.69, 9.17) is 4.98 Å². The highest BCUT2D eigenvalue weighted by Crippen LogP contribution is 2.33. The monoisotopic (exact) mass is 295 g/mol. The number of hydrogen-bond acceptors (Lipinski definition) is 4. The van der Waals surface area contributed by atoms with Crippen LogP contribution in [0.5, 0.6) is 0 Å². The van der Waals surface area contributed by atoms with Crippen molar-refractivity contribution in [2.45, 2.75) is 72.5 Å². The van der Waals surface area contributed by atoms with Crippen LogP contribution in [-0.2, 0) is 6.54 Å². The normalized spacial score (nSPS) is 24.2. The van der Waals surface area contributed by atoms with Crippen LogP contribution in [-0.4, -0.2) is 23.1 Å². The molecule has 1 fully saturated rings. The van der Waals surface area contributed by atoms with Gasteiger partial charge in [-0.25, -0.2) is 4.98 Å². The van der Waals surface area contributed by atoms with Crippen LogP contribution < -0.4 is 10.2 Å². The first kappa shape index (κ1) is 15.8. The fourth-order valence-corrected chi connectivity index (χ4v) is 3.77. The lowest BCUT2D eigenvalue weighted by atomic mass is 9.93. The first-order valence-electron chi connectivity index (χ1n) is 7.76. The highest BCUT2D eigenvalue weighted by Gasteiger charge is 2.27. The molecule has 0 spiro atoms. The van der Waals surface area contributed by atoms with Gasteiger partial charge in [0.25, 0.3) is 0 Å². The summed E-state index contributed by atoms with van der Waals surface area (Å²) < 4.78 is 0. The molecule has 0 saturated carbocycles. The predicted octanol–water partition coefficient (Wildman–Crippen LogP) is 3.96. The summed E-state index contributed by atoms with van der Waals surface area (Å²) in [5.74, 6) is 0.768. The quantitative estimate of drug-likeness (QED) is 0.914. The van der Waals surface area contributed by atoms with E-state index >= 15 is 0 Å². The first-order valence-corrected chi connectivity index (χ1v) is 8.57. The van der Waals surface area contributed by atoms with Gasteiger partial charge >= 0.3 is 0 Å². The number of aromatic nitrogens is 1. The van der Waals surface area contributed by atoms with Crippen LogP contribution in [0, 0.1) is 12.8 Å². The van der Waals surface area contributed by atoms with Crippen molar-refractivity contribution in [3.05, 3.63) is 10.6 Å². The molecule has 3 nitrogen and oxygen atoms in total. The third-order valence-corrected chi connectivity index (χ3v) is 5.47. The highest BCUT2D eigenvalue weighted by atomic mass is 32.1. The smallest absolute Gasteiger partial charge is 0.186 e. The van der Waals surface area contributed by atoms with E-state index in [0.717, 1.165) is 19.0 Å². The Morgan fingerprint density at radius 3 is 2.70 bits per heavy atom. The molecule has 0 aliphatic carbocycles. The van der Waals surface area contributed by atoms with E-state index in [1.807, 2.05) is 11.3 Å². The predicted molar refractivity (Wildman–Crippen MR) is 88.6 cm³/mol. The fourth-order valence-electron chi connectivity index (χ4n) is 2.65. The van der Waals surface area contributed by atoms with Crippen molar-refractivity contribution in [2.75, 3.05) is 11.4 Å². The second-order valence-electron chi connectivity index (χ2n) is 7.16. The number of thiazole rings is 1. The first-order chi connectivity index (χ1) is 9.28. The molecule has 2 heterocycles. The summed E-state index contributed by atoms with van der Waals surface area (Å²) in [5, 5.41) is 4.78. The van der Waals surface area contributed by atoms with Gasteiger partial charge in [-0.05, 0) is 53.4 Å². The second kappa shape index (κ2) is 6.02. The minimum Gasteiger partial charge on any atom is -0.345 e. The third-order valence-electron chi connectivity index (χ3n) is 4.28. The summed E-state index contributed by atoms with van der Waals surface area (Å²) >= 11 is 1.86. The molecule has 0 aromatic carbocycles. The Morgan fingerprint density at radius 2 is 2.05 bits per heavy atom. The molecule has 1 aromatic rings. The summed E-state index contributed by atoms with van der Waals surface area (Å²) in [5.41, 5.74) is 1.34. The van der Waals surface area contributed by atoms with E-state index < -0.39 is 0 Å². The van der Waals surface area contributed by atoms with Crippen LogP contribution in [0.3, 0.4) is 0 Å². The van der Waals surface area contributed by atoms with Gasteiger partial charge in [0.2, 0.25) is 0 Å². The molecule has 20 heavy (non-hydrogen) atoms. The SMILES string of the molecule is Cc1nc(N2CCCC(C)C2C)sc1CNC(C)(C)C. The fraction of sp³-hybridized carbons (Fsp3) is 0.812. The summed E-state index contributed by atoms with van der Waals surface area (Å²) in [6.45, 7) is 15.5. The summed E-state index contributed by atoms with van der Waals surface area (Å²) in [4.78, 5) is 8.71. The van der Waals surface area contributed by atoms with Crippen molar-refractivity contribution in [1.29, 1.82) is 0 Å². The molecular weight excluding hydrogens is 266 g/mol. The number of rotatable bonds is 3. The number of aryl methyl sites for hydroxylation is 1. The number of nitrogens with zero attached hydrogens (tertiary/aromatic N) is 2. The zero-order chi connectivity index (χ0) is 14.9. The molecule has 114 valence electrons. The molecule has 0 radical (unpaired) electrons. The molecule has 4 heteroatoms. The van der Waals surface area contributed by atoms with Gasteiger partial charge in [0, 0.05) is 29.5 Å². The Morgan fingerprint density at radius 1 is 1.35 bits per heavy atom. The molecule has 0 bridgehead atoms. The van der Waals surface area contributed by atoms with Crippen molar-refractivity contribution in [3.63, 3.8) is 0 Å². The summed E-state index contributed by atoms with van der Waals surface area (Å²) in [6.07, 6.45) is 2.64. The van der Waals surface area contributed by atoms with Gasteiger partial charge in [0.05, 0.1) is 5.69 Å². The lowest BCUT2D eigenvalue weighted by Gasteiger charge is -2.37. The van der Waals surface area contributed by atoms with E-state index in [-0.39, 0.29) is 5.54 Å². The van der Waals surface area contributed by atoms with Gasteiger partial charge in [-0.2, -0.15) is 0 Å². The molecular formula is C16H29N3S. The molecule has 1 aliphatic rings. The number of anilines is 1. The van der Waals surface area contributed by atoms with Crippen LogP contribution in [0.4, 0.5) is 5.13 Å². The molecule has 2 unspecified atom stereocenters. The van der Waals surface area contributed by atoms with Gasteiger partial charge in [0.15, 0.2) is 5.13 Å². The maximum atomic E-state index is 4.82. The maximum absolute atomic E-state index is 4.82. The minimum absolute atomic E-state index is 0.156. The van der Waals surface area contributed by atoms with E-state index in [9.17, 15) is 0 Å². The van der Waals surface area contributed by atoms with E-state index in [0.29, 0.717) is 6.04 Å². The second-order valence-corrected chi connectivity index (χ2v) is 8.22. The third kappa shape index (κ3) is 3.73. The molecule has 1 N–H and O–H groups in total. The molecule has 2 atom stereocenters. The van der Waals surface area contributed by atoms with Crippen LogP contribution in [0.25, 0.3) is 0 Å². The van der Waals surface area contributed by atoms with Crippen molar-refractivity contribution >= 4 is 16.5 Å². The van der Waals surface area contributed by atoms with Crippen LogP contribution >= 0.6 is 11.3 Å². The van der Waals surface area contributed by atoms with Crippen molar-refractivity contribution < 1.29 is 0 Å². The minimum atomic E-state index is 0.156. The Labute approximate surface area is 127 Å². The van der Waals surface area contributed by atoms with E-state index in [1.54, 1.807) is 0 Å². The van der Waals surface area contributed by atoms with Gasteiger partial charge in [0.1, 0.15) is 0 Å². The molecule has 0 amide bonds. The summed E-state index contributed by atoms with van der Waals surface area (Å²) in [6, 6.07) is 0.609. The number of hydrogen-bond donors (Lipinski definition) is 1. The zero-order valence-corrected chi connectivity index (χ0v) is 14.6. The largest absolute Gasteiger partial charge is 0.345 e. The Bertz CT molecular complexity index is 447. The van der Waals surface area contributed by atoms with Gasteiger partial charge < -0.3 is 10.2 Å². The topological polar surface area (TPSA) is 28.2 Å². The van der Waals surface area contributed by atoms with Crippen molar-refractivity contribution in [3.8, 4) is 0 Å². The number of nitrogens with one attached hydrogen (secondary N) is 1. The molecule has 1 aromatic heterocycles. The lowest BCUT2D eigenvalue weighted by Crippen LogP contribution is -2.42.